The van der Waals surface area contributed by atoms with Gasteiger partial charge in [0.25, 0.3) is 0 Å². The summed E-state index contributed by atoms with van der Waals surface area (Å²) in [6.07, 6.45) is 9.31. The van der Waals surface area contributed by atoms with Crippen molar-refractivity contribution in [1.82, 2.24) is 14.6 Å². The molecule has 1 saturated carbocycles. The third kappa shape index (κ3) is 1.84. The van der Waals surface area contributed by atoms with Gasteiger partial charge in [0.2, 0.25) is 5.16 Å². The molecule has 0 aliphatic heterocycles. The fourth-order valence-corrected chi connectivity index (χ4v) is 3.09. The van der Waals surface area contributed by atoms with Crippen LogP contribution >= 0.6 is 11.8 Å². The molecule has 0 spiro atoms. The highest BCUT2D eigenvalue weighted by Gasteiger charge is 2.21. The molecule has 1 aliphatic carbocycles. The van der Waals surface area contributed by atoms with Gasteiger partial charge in [-0.1, -0.05) is 24.6 Å². The molecule has 3 rings (SSSR count). The van der Waals surface area contributed by atoms with Gasteiger partial charge in [0.15, 0.2) is 0 Å². The van der Waals surface area contributed by atoms with Crippen molar-refractivity contribution in [3.63, 3.8) is 0 Å². The number of nitrogens with zero attached hydrogens (tertiary/aromatic N) is 3. The molecule has 1 fully saturated rings. The van der Waals surface area contributed by atoms with Gasteiger partial charge < -0.3 is 0 Å². The normalized spacial score (nSPS) is 17.1. The largest absolute Gasteiger partial charge is 0.233 e. The summed E-state index contributed by atoms with van der Waals surface area (Å²) in [6.45, 7) is 2.15. The van der Waals surface area contributed by atoms with E-state index in [-0.39, 0.29) is 0 Å². The molecule has 2 aromatic heterocycles. The van der Waals surface area contributed by atoms with Crippen molar-refractivity contribution in [2.45, 2.75) is 43.7 Å². The van der Waals surface area contributed by atoms with Crippen LogP contribution in [0.4, 0.5) is 0 Å². The monoisotopic (exact) mass is 247 g/mol. The second-order valence-electron chi connectivity index (χ2n) is 4.78. The van der Waals surface area contributed by atoms with E-state index in [0.717, 1.165) is 10.7 Å². The van der Waals surface area contributed by atoms with Crippen LogP contribution in [0, 0.1) is 6.92 Å². The predicted octanol–water partition coefficient (Wildman–Crippen LogP) is 3.42. The lowest BCUT2D eigenvalue weighted by molar-refractivity contribution is 0.649. The Morgan fingerprint density at radius 3 is 2.82 bits per heavy atom. The average molecular weight is 247 g/mol. The minimum atomic E-state index is 0.695. The fourth-order valence-electron chi connectivity index (χ4n) is 2.76. The van der Waals surface area contributed by atoms with Gasteiger partial charge in [0.05, 0.1) is 11.7 Å². The molecule has 1 aliphatic rings. The summed E-state index contributed by atoms with van der Waals surface area (Å²) < 4.78 is 2.12. The van der Waals surface area contributed by atoms with Crippen molar-refractivity contribution in [1.29, 1.82) is 0 Å². The predicted molar refractivity (Wildman–Crippen MR) is 70.7 cm³/mol. The zero-order valence-corrected chi connectivity index (χ0v) is 11.1. The molecule has 0 aromatic carbocycles. The minimum absolute atomic E-state index is 0.695. The summed E-state index contributed by atoms with van der Waals surface area (Å²) in [5.41, 5.74) is 3.83. The highest BCUT2D eigenvalue weighted by Crippen LogP contribution is 2.35. The highest BCUT2D eigenvalue weighted by atomic mass is 32.2. The van der Waals surface area contributed by atoms with E-state index in [1.54, 1.807) is 11.8 Å². The Hall–Kier alpha value is -1.03. The molecule has 90 valence electrons. The van der Waals surface area contributed by atoms with Gasteiger partial charge in [-0.25, -0.2) is 9.50 Å². The summed E-state index contributed by atoms with van der Waals surface area (Å²) in [4.78, 5) is 4.36. The summed E-state index contributed by atoms with van der Waals surface area (Å²) in [6, 6.07) is 2.30. The maximum atomic E-state index is 4.63. The van der Waals surface area contributed by atoms with Gasteiger partial charge in [-0.3, -0.25) is 0 Å². The number of rotatable bonds is 2. The molecule has 0 radical (unpaired) electrons. The first-order valence-electron chi connectivity index (χ1n) is 6.19. The number of hydrogen-bond acceptors (Lipinski definition) is 3. The van der Waals surface area contributed by atoms with Crippen LogP contribution in [0.15, 0.2) is 17.4 Å². The van der Waals surface area contributed by atoms with Crippen LogP contribution in [0.2, 0.25) is 0 Å². The Kier molecular flexibility index (Phi) is 2.82. The van der Waals surface area contributed by atoms with Gasteiger partial charge >= 0.3 is 0 Å². The Labute approximate surface area is 106 Å². The SMILES string of the molecule is CSc1ncc2c(C)cc(C3CCCC3)n2n1. The standard InChI is InChI=1S/C13H17N3S/c1-9-7-11(10-5-3-4-6-10)16-12(9)8-14-13(15-16)17-2/h7-8,10H,3-6H2,1-2H3. The van der Waals surface area contributed by atoms with Gasteiger partial charge in [0.1, 0.15) is 0 Å². The summed E-state index contributed by atoms with van der Waals surface area (Å²) in [5.74, 6) is 0.695. The van der Waals surface area contributed by atoms with E-state index in [2.05, 4.69) is 27.6 Å². The fraction of sp³-hybridized carbons (Fsp3) is 0.538. The minimum Gasteiger partial charge on any atom is -0.233 e. The number of aryl methyl sites for hydroxylation is 1. The first kappa shape index (κ1) is 11.1. The maximum absolute atomic E-state index is 4.63. The van der Waals surface area contributed by atoms with Crippen LogP contribution in [0.3, 0.4) is 0 Å². The summed E-state index contributed by atoms with van der Waals surface area (Å²) >= 11 is 1.60. The van der Waals surface area contributed by atoms with Gasteiger partial charge in [0, 0.05) is 11.6 Å². The third-order valence-electron chi connectivity index (χ3n) is 3.68. The van der Waals surface area contributed by atoms with Crippen molar-refractivity contribution in [3.8, 4) is 0 Å². The molecule has 0 N–H and O–H groups in total. The summed E-state index contributed by atoms with van der Waals surface area (Å²) in [7, 11) is 0. The number of hydrogen-bond donors (Lipinski definition) is 0. The van der Waals surface area contributed by atoms with Crippen LogP contribution in [-0.2, 0) is 0 Å². The second kappa shape index (κ2) is 4.33. The third-order valence-corrected chi connectivity index (χ3v) is 4.23. The van der Waals surface area contributed by atoms with Crippen LogP contribution in [0.5, 0.6) is 0 Å². The number of fused-ring (bicyclic) bond motifs is 1. The van der Waals surface area contributed by atoms with Crippen molar-refractivity contribution >= 4 is 17.3 Å². The zero-order valence-electron chi connectivity index (χ0n) is 10.3. The van der Waals surface area contributed by atoms with E-state index in [0.29, 0.717) is 5.92 Å². The molecule has 17 heavy (non-hydrogen) atoms. The topological polar surface area (TPSA) is 30.2 Å². The molecule has 4 heteroatoms. The lowest BCUT2D eigenvalue weighted by Crippen LogP contribution is -2.03. The van der Waals surface area contributed by atoms with Gasteiger partial charge in [-0.15, -0.1) is 5.10 Å². The maximum Gasteiger partial charge on any atom is 0.207 e. The van der Waals surface area contributed by atoms with Crippen LogP contribution < -0.4 is 0 Å². The van der Waals surface area contributed by atoms with E-state index in [1.165, 1.54) is 36.9 Å². The first-order chi connectivity index (χ1) is 8.29. The number of aromatic nitrogens is 3. The molecule has 0 unspecified atom stereocenters. The molecule has 0 saturated heterocycles. The average Bonchev–Trinajstić information content (AvgIpc) is 2.97. The molecule has 0 amide bonds. The molecule has 0 bridgehead atoms. The van der Waals surface area contributed by atoms with E-state index in [4.69, 9.17) is 0 Å². The molecule has 2 aromatic rings. The quantitative estimate of drug-likeness (QED) is 0.762. The lowest BCUT2D eigenvalue weighted by Gasteiger charge is -2.08. The Bertz CT molecular complexity index is 541. The van der Waals surface area contributed by atoms with Crippen molar-refractivity contribution in [2.24, 2.45) is 0 Å². The Balaban J connectivity index is 2.16. The lowest BCUT2D eigenvalue weighted by atomic mass is 10.0. The Morgan fingerprint density at radius 2 is 2.12 bits per heavy atom. The molecule has 3 nitrogen and oxygen atoms in total. The van der Waals surface area contributed by atoms with E-state index >= 15 is 0 Å². The molecule has 0 atom stereocenters. The summed E-state index contributed by atoms with van der Waals surface area (Å²) in [5, 5.41) is 5.48. The van der Waals surface area contributed by atoms with Gasteiger partial charge in [-0.05, 0) is 37.7 Å². The van der Waals surface area contributed by atoms with Crippen LogP contribution in [0.25, 0.3) is 5.52 Å². The van der Waals surface area contributed by atoms with Crippen molar-refractivity contribution < 1.29 is 0 Å². The van der Waals surface area contributed by atoms with E-state index in [1.807, 2.05) is 12.5 Å². The van der Waals surface area contributed by atoms with Crippen molar-refractivity contribution in [3.05, 3.63) is 23.5 Å². The zero-order chi connectivity index (χ0) is 11.8. The smallest absolute Gasteiger partial charge is 0.207 e. The van der Waals surface area contributed by atoms with Crippen molar-refractivity contribution in [2.75, 3.05) is 6.26 Å². The van der Waals surface area contributed by atoms with E-state index < -0.39 is 0 Å². The number of thioether (sulfide) groups is 1. The molecular weight excluding hydrogens is 230 g/mol. The van der Waals surface area contributed by atoms with Crippen LogP contribution in [-0.4, -0.2) is 20.9 Å². The van der Waals surface area contributed by atoms with Crippen LogP contribution in [0.1, 0.15) is 42.9 Å². The second-order valence-corrected chi connectivity index (χ2v) is 5.55. The first-order valence-corrected chi connectivity index (χ1v) is 7.41. The van der Waals surface area contributed by atoms with Gasteiger partial charge in [-0.2, -0.15) is 0 Å². The van der Waals surface area contributed by atoms with E-state index in [9.17, 15) is 0 Å². The highest BCUT2D eigenvalue weighted by molar-refractivity contribution is 7.98. The Morgan fingerprint density at radius 1 is 1.35 bits per heavy atom. The molecular formula is C13H17N3S. The molecule has 2 heterocycles.